The van der Waals surface area contributed by atoms with Crippen molar-refractivity contribution in [2.75, 3.05) is 39.9 Å². The van der Waals surface area contributed by atoms with E-state index in [2.05, 4.69) is 32.3 Å². The van der Waals surface area contributed by atoms with Crippen molar-refractivity contribution in [3.63, 3.8) is 0 Å². The second kappa shape index (κ2) is 7.60. The van der Waals surface area contributed by atoms with Gasteiger partial charge in [0.1, 0.15) is 5.65 Å². The van der Waals surface area contributed by atoms with Crippen molar-refractivity contribution in [1.29, 1.82) is 0 Å². The van der Waals surface area contributed by atoms with Crippen LogP contribution in [0.25, 0.3) is 5.65 Å². The number of imidazole rings is 1. The second-order valence-electron chi connectivity index (χ2n) is 8.06. The summed E-state index contributed by atoms with van der Waals surface area (Å²) in [6.45, 7) is 7.23. The smallest absolute Gasteiger partial charge is 0.230 e. The minimum Gasteiger partial charge on any atom is -0.385 e. The van der Waals surface area contributed by atoms with E-state index in [0.717, 1.165) is 76.4 Å². The molecule has 0 N–H and O–H groups in total. The number of piperidine rings is 1. The normalized spacial score (nSPS) is 23.8. The number of hydrogen-bond donors (Lipinski definition) is 0. The van der Waals surface area contributed by atoms with Gasteiger partial charge in [-0.2, -0.15) is 0 Å². The third-order valence-electron chi connectivity index (χ3n) is 6.24. The van der Waals surface area contributed by atoms with E-state index in [1.807, 2.05) is 18.2 Å². The van der Waals surface area contributed by atoms with Gasteiger partial charge in [0.25, 0.3) is 0 Å². The van der Waals surface area contributed by atoms with Crippen molar-refractivity contribution in [2.24, 2.45) is 5.41 Å². The van der Waals surface area contributed by atoms with Crippen LogP contribution >= 0.6 is 0 Å². The molecule has 1 amide bonds. The van der Waals surface area contributed by atoms with Crippen molar-refractivity contribution in [2.45, 2.75) is 39.2 Å². The van der Waals surface area contributed by atoms with Gasteiger partial charge >= 0.3 is 0 Å². The van der Waals surface area contributed by atoms with E-state index < -0.39 is 0 Å². The first kappa shape index (κ1) is 18.4. The highest BCUT2D eigenvalue weighted by atomic mass is 16.5. The average molecular weight is 370 g/mol. The van der Waals surface area contributed by atoms with Crippen LogP contribution in [0.5, 0.6) is 0 Å². The van der Waals surface area contributed by atoms with Crippen molar-refractivity contribution in [3.8, 4) is 0 Å². The number of hydrogen-bond acceptors (Lipinski definition) is 4. The molecule has 2 fully saturated rings. The zero-order valence-corrected chi connectivity index (χ0v) is 16.5. The third kappa shape index (κ3) is 3.48. The monoisotopic (exact) mass is 370 g/mol. The van der Waals surface area contributed by atoms with E-state index in [1.54, 1.807) is 7.11 Å². The highest BCUT2D eigenvalue weighted by molar-refractivity contribution is 5.84. The van der Waals surface area contributed by atoms with E-state index in [4.69, 9.17) is 4.74 Å². The Balaban J connectivity index is 1.46. The molecule has 146 valence electrons. The summed E-state index contributed by atoms with van der Waals surface area (Å²) in [6, 6.07) is 6.12. The van der Waals surface area contributed by atoms with Crippen LogP contribution in [0, 0.1) is 12.3 Å². The number of ether oxygens (including phenoxy) is 1. The highest BCUT2D eigenvalue weighted by Crippen LogP contribution is 2.40. The molecule has 27 heavy (non-hydrogen) atoms. The van der Waals surface area contributed by atoms with Crippen molar-refractivity contribution >= 4 is 11.6 Å². The number of aromatic nitrogens is 2. The van der Waals surface area contributed by atoms with Gasteiger partial charge < -0.3 is 14.0 Å². The van der Waals surface area contributed by atoms with Gasteiger partial charge in [-0.25, -0.2) is 4.98 Å². The van der Waals surface area contributed by atoms with Crippen LogP contribution in [0.2, 0.25) is 0 Å². The van der Waals surface area contributed by atoms with Crippen LogP contribution in [0.1, 0.15) is 37.1 Å². The molecule has 1 atom stereocenters. The predicted octanol–water partition coefficient (Wildman–Crippen LogP) is 2.49. The van der Waals surface area contributed by atoms with Gasteiger partial charge in [-0.3, -0.25) is 9.69 Å². The number of nitrogens with zero attached hydrogens (tertiary/aromatic N) is 4. The molecule has 6 heteroatoms. The fourth-order valence-corrected chi connectivity index (χ4v) is 4.80. The average Bonchev–Trinajstić information content (AvgIpc) is 3.21. The molecule has 2 aromatic heterocycles. The minimum absolute atomic E-state index is 0.181. The molecule has 0 bridgehead atoms. The van der Waals surface area contributed by atoms with Crippen LogP contribution in [-0.2, 0) is 16.1 Å². The van der Waals surface area contributed by atoms with Gasteiger partial charge in [0.2, 0.25) is 5.91 Å². The van der Waals surface area contributed by atoms with Gasteiger partial charge in [-0.1, -0.05) is 6.07 Å². The van der Waals surface area contributed by atoms with Gasteiger partial charge in [0.15, 0.2) is 0 Å². The maximum Gasteiger partial charge on any atom is 0.230 e. The molecular formula is C21H30N4O2. The summed E-state index contributed by atoms with van der Waals surface area (Å²) in [7, 11) is 1.72. The Morgan fingerprint density at radius 3 is 3.00 bits per heavy atom. The molecule has 2 aliphatic heterocycles. The summed E-state index contributed by atoms with van der Waals surface area (Å²) in [4.78, 5) is 22.4. The molecule has 0 saturated carbocycles. The second-order valence-corrected chi connectivity index (χ2v) is 8.06. The SMILES string of the molecule is COCCCN1CCC[C@@]2(CCN(Cc3c(C)nc4ccccn34)C2)C1=O. The Labute approximate surface area is 161 Å². The van der Waals surface area contributed by atoms with E-state index in [9.17, 15) is 4.79 Å². The number of carbonyl (C=O) groups excluding carboxylic acids is 1. The number of pyridine rings is 1. The zero-order valence-electron chi connectivity index (χ0n) is 16.5. The number of likely N-dealkylation sites (tertiary alicyclic amines) is 2. The maximum atomic E-state index is 13.2. The van der Waals surface area contributed by atoms with Gasteiger partial charge in [0.05, 0.1) is 16.8 Å². The van der Waals surface area contributed by atoms with Gasteiger partial charge in [0, 0.05) is 46.1 Å². The summed E-state index contributed by atoms with van der Waals surface area (Å²) in [6.07, 6.45) is 6.11. The molecule has 4 rings (SSSR count). The molecule has 6 nitrogen and oxygen atoms in total. The quantitative estimate of drug-likeness (QED) is 0.733. The molecule has 0 aliphatic carbocycles. The fraction of sp³-hybridized carbons (Fsp3) is 0.619. The Morgan fingerprint density at radius 1 is 1.26 bits per heavy atom. The minimum atomic E-state index is -0.181. The van der Waals surface area contributed by atoms with Crippen molar-refractivity contribution in [3.05, 3.63) is 35.8 Å². The third-order valence-corrected chi connectivity index (χ3v) is 6.24. The fourth-order valence-electron chi connectivity index (χ4n) is 4.80. The van der Waals surface area contributed by atoms with Gasteiger partial charge in [-0.15, -0.1) is 0 Å². The molecule has 2 saturated heterocycles. The zero-order chi connectivity index (χ0) is 18.9. The first-order valence-electron chi connectivity index (χ1n) is 10.1. The van der Waals surface area contributed by atoms with Crippen LogP contribution in [0.4, 0.5) is 0 Å². The lowest BCUT2D eigenvalue weighted by atomic mass is 9.78. The summed E-state index contributed by atoms with van der Waals surface area (Å²) >= 11 is 0. The number of aryl methyl sites for hydroxylation is 1. The van der Waals surface area contributed by atoms with Crippen LogP contribution in [0.3, 0.4) is 0 Å². The largest absolute Gasteiger partial charge is 0.385 e. The van der Waals surface area contributed by atoms with Crippen LogP contribution < -0.4 is 0 Å². The number of rotatable bonds is 6. The number of methoxy groups -OCH3 is 1. The summed E-state index contributed by atoms with van der Waals surface area (Å²) in [5, 5.41) is 0. The Bertz CT molecular complexity index is 818. The first-order valence-corrected chi connectivity index (χ1v) is 10.1. The van der Waals surface area contributed by atoms with E-state index in [1.165, 1.54) is 5.69 Å². The molecule has 1 spiro atoms. The number of fused-ring (bicyclic) bond motifs is 1. The Kier molecular flexibility index (Phi) is 5.19. The maximum absolute atomic E-state index is 13.2. The molecular weight excluding hydrogens is 340 g/mol. The Hall–Kier alpha value is -1.92. The lowest BCUT2D eigenvalue weighted by Crippen LogP contribution is -2.50. The standard InChI is InChI=1S/C21H30N4O2/c1-17-18(25-12-4-3-7-19(25)22-17)15-23-13-9-21(16-23)8-5-10-24(20(21)26)11-6-14-27-2/h3-4,7,12H,5-6,8-11,13-16H2,1-2H3/t21-/m0/s1. The van der Waals surface area contributed by atoms with E-state index in [0.29, 0.717) is 5.91 Å². The summed E-state index contributed by atoms with van der Waals surface area (Å²) in [5.41, 5.74) is 3.14. The first-order chi connectivity index (χ1) is 13.1. The van der Waals surface area contributed by atoms with Crippen molar-refractivity contribution in [1.82, 2.24) is 19.2 Å². The summed E-state index contributed by atoms with van der Waals surface area (Å²) < 4.78 is 7.33. The molecule has 0 unspecified atom stereocenters. The predicted molar refractivity (Wildman–Crippen MR) is 105 cm³/mol. The summed E-state index contributed by atoms with van der Waals surface area (Å²) in [5.74, 6) is 0.363. The van der Waals surface area contributed by atoms with Crippen molar-refractivity contribution < 1.29 is 9.53 Å². The molecule has 4 heterocycles. The van der Waals surface area contributed by atoms with Gasteiger partial charge in [-0.05, 0) is 51.3 Å². The Morgan fingerprint density at radius 2 is 2.15 bits per heavy atom. The van der Waals surface area contributed by atoms with Crippen LogP contribution in [-0.4, -0.2) is 65.0 Å². The topological polar surface area (TPSA) is 50.1 Å². The van der Waals surface area contributed by atoms with Crippen LogP contribution in [0.15, 0.2) is 24.4 Å². The molecule has 2 aromatic rings. The molecule has 0 aromatic carbocycles. The number of carbonyl (C=O) groups is 1. The van der Waals surface area contributed by atoms with E-state index in [-0.39, 0.29) is 5.41 Å². The molecule has 2 aliphatic rings. The van der Waals surface area contributed by atoms with E-state index >= 15 is 0 Å². The highest BCUT2D eigenvalue weighted by Gasteiger charge is 2.48. The molecule has 0 radical (unpaired) electrons. The lowest BCUT2D eigenvalue weighted by molar-refractivity contribution is -0.145. The lowest BCUT2D eigenvalue weighted by Gasteiger charge is -2.39. The number of amides is 1.